The van der Waals surface area contributed by atoms with Crippen molar-refractivity contribution in [3.63, 3.8) is 0 Å². The van der Waals surface area contributed by atoms with Gasteiger partial charge < -0.3 is 14.6 Å². The second kappa shape index (κ2) is 6.68. The van der Waals surface area contributed by atoms with Gasteiger partial charge in [-0.05, 0) is 23.1 Å². The number of benzene rings is 1. The van der Waals surface area contributed by atoms with Crippen molar-refractivity contribution >= 4 is 28.9 Å². The molecule has 0 unspecified atom stereocenters. The molecule has 0 saturated carbocycles. The molecule has 2 aromatic rings. The normalized spacial score (nSPS) is 17.9. The number of hydrogen-bond donors (Lipinski definition) is 1. The average molecular weight is 372 g/mol. The Kier molecular flexibility index (Phi) is 4.67. The fourth-order valence-electron chi connectivity index (χ4n) is 3.02. The standard InChI is InChI=1S/C19H24N4O4/c1-19(2,3)11-6-7-14-12(8-11)21-16(27-14)10-20-15(24)9-13-17(25)23(5)18(26)22(13)4/h6-8,13H,9-10H2,1-5H3,(H,20,24)/t13-/m0/s1. The van der Waals surface area contributed by atoms with E-state index < -0.39 is 12.1 Å². The molecule has 0 radical (unpaired) electrons. The number of imide groups is 1. The molecule has 8 nitrogen and oxygen atoms in total. The second-order valence-electron chi connectivity index (χ2n) is 7.83. The molecule has 1 atom stereocenters. The van der Waals surface area contributed by atoms with Crippen molar-refractivity contribution in [3.8, 4) is 0 Å². The Bertz CT molecular complexity index is 912. The van der Waals surface area contributed by atoms with Gasteiger partial charge in [-0.15, -0.1) is 0 Å². The van der Waals surface area contributed by atoms with Gasteiger partial charge in [0.1, 0.15) is 11.6 Å². The van der Waals surface area contributed by atoms with Crippen molar-refractivity contribution in [1.29, 1.82) is 0 Å². The highest BCUT2D eigenvalue weighted by molar-refractivity contribution is 6.05. The number of amides is 4. The van der Waals surface area contributed by atoms with Crippen molar-refractivity contribution in [2.24, 2.45) is 0 Å². The van der Waals surface area contributed by atoms with Crippen molar-refractivity contribution in [2.45, 2.75) is 45.2 Å². The lowest BCUT2D eigenvalue weighted by molar-refractivity contribution is -0.131. The van der Waals surface area contributed by atoms with E-state index in [1.54, 1.807) is 0 Å². The van der Waals surface area contributed by atoms with Gasteiger partial charge >= 0.3 is 6.03 Å². The first-order valence-corrected chi connectivity index (χ1v) is 8.79. The van der Waals surface area contributed by atoms with Crippen LogP contribution >= 0.6 is 0 Å². The third kappa shape index (κ3) is 3.65. The number of likely N-dealkylation sites (N-methyl/N-ethyl adjacent to an activating group) is 2. The number of fused-ring (bicyclic) bond motifs is 1. The van der Waals surface area contributed by atoms with Gasteiger partial charge in [-0.1, -0.05) is 26.8 Å². The highest BCUT2D eigenvalue weighted by atomic mass is 16.3. The minimum atomic E-state index is -0.777. The molecule has 0 spiro atoms. The molecule has 3 rings (SSSR count). The van der Waals surface area contributed by atoms with Crippen LogP contribution in [0.1, 0.15) is 38.6 Å². The van der Waals surface area contributed by atoms with E-state index in [0.29, 0.717) is 11.5 Å². The molecule has 4 amide bonds. The summed E-state index contributed by atoms with van der Waals surface area (Å²) in [5.41, 5.74) is 2.55. The van der Waals surface area contributed by atoms with E-state index in [1.807, 2.05) is 18.2 Å². The predicted octanol–water partition coefficient (Wildman–Crippen LogP) is 2.02. The van der Waals surface area contributed by atoms with Crippen LogP contribution in [-0.4, -0.2) is 52.8 Å². The van der Waals surface area contributed by atoms with E-state index in [0.717, 1.165) is 16.0 Å². The van der Waals surface area contributed by atoms with E-state index in [-0.39, 0.29) is 30.2 Å². The fourth-order valence-corrected chi connectivity index (χ4v) is 3.02. The molecule has 1 saturated heterocycles. The first-order chi connectivity index (χ1) is 12.6. The summed E-state index contributed by atoms with van der Waals surface area (Å²) in [4.78, 5) is 42.7. The number of oxazole rings is 1. The van der Waals surface area contributed by atoms with Crippen LogP contribution in [0, 0.1) is 0 Å². The van der Waals surface area contributed by atoms with Gasteiger partial charge in [0.05, 0.1) is 13.0 Å². The largest absolute Gasteiger partial charge is 0.439 e. The zero-order valence-electron chi connectivity index (χ0n) is 16.2. The van der Waals surface area contributed by atoms with Crippen molar-refractivity contribution in [2.75, 3.05) is 14.1 Å². The van der Waals surface area contributed by atoms with Gasteiger partial charge in [0.15, 0.2) is 5.58 Å². The number of hydrogen-bond acceptors (Lipinski definition) is 5. The van der Waals surface area contributed by atoms with E-state index in [1.165, 1.54) is 19.0 Å². The Hall–Kier alpha value is -2.90. The Morgan fingerprint density at radius 3 is 2.56 bits per heavy atom. The fraction of sp³-hybridized carbons (Fsp3) is 0.474. The van der Waals surface area contributed by atoms with Crippen molar-refractivity contribution < 1.29 is 18.8 Å². The predicted molar refractivity (Wildman–Crippen MR) is 98.9 cm³/mol. The number of carbonyl (C=O) groups is 3. The van der Waals surface area contributed by atoms with Crippen LogP contribution in [0.2, 0.25) is 0 Å². The number of nitrogens with zero attached hydrogens (tertiary/aromatic N) is 3. The van der Waals surface area contributed by atoms with Gasteiger partial charge in [0, 0.05) is 14.1 Å². The first kappa shape index (κ1) is 18.9. The third-order valence-electron chi connectivity index (χ3n) is 4.79. The summed E-state index contributed by atoms with van der Waals surface area (Å²) in [7, 11) is 2.92. The Morgan fingerprint density at radius 1 is 1.26 bits per heavy atom. The molecule has 1 aromatic carbocycles. The van der Waals surface area contributed by atoms with Crippen molar-refractivity contribution in [3.05, 3.63) is 29.7 Å². The Morgan fingerprint density at radius 2 is 1.96 bits per heavy atom. The quantitative estimate of drug-likeness (QED) is 0.829. The molecule has 144 valence electrons. The van der Waals surface area contributed by atoms with Crippen LogP contribution in [0.5, 0.6) is 0 Å². The number of carbonyl (C=O) groups excluding carboxylic acids is 3. The van der Waals surface area contributed by atoms with Crippen LogP contribution in [0.4, 0.5) is 4.79 Å². The number of rotatable bonds is 4. The summed E-state index contributed by atoms with van der Waals surface area (Å²) in [6.07, 6.45) is -0.0974. The van der Waals surface area contributed by atoms with E-state index >= 15 is 0 Å². The van der Waals surface area contributed by atoms with Gasteiger partial charge in [-0.3, -0.25) is 14.5 Å². The van der Waals surface area contributed by atoms with Crippen LogP contribution in [0.15, 0.2) is 22.6 Å². The van der Waals surface area contributed by atoms with E-state index in [2.05, 4.69) is 31.1 Å². The lowest BCUT2D eigenvalue weighted by Crippen LogP contribution is -2.37. The zero-order chi connectivity index (χ0) is 19.9. The molecule has 1 aromatic heterocycles. The monoisotopic (exact) mass is 372 g/mol. The molecule has 2 heterocycles. The lowest BCUT2D eigenvalue weighted by Gasteiger charge is -2.18. The summed E-state index contributed by atoms with van der Waals surface area (Å²) >= 11 is 0. The lowest BCUT2D eigenvalue weighted by atomic mass is 9.87. The molecule has 27 heavy (non-hydrogen) atoms. The zero-order valence-corrected chi connectivity index (χ0v) is 16.2. The Balaban J connectivity index is 1.64. The van der Waals surface area contributed by atoms with E-state index in [4.69, 9.17) is 4.42 Å². The topological polar surface area (TPSA) is 95.8 Å². The smallest absolute Gasteiger partial charge is 0.326 e. The summed E-state index contributed by atoms with van der Waals surface area (Å²) < 4.78 is 5.67. The molecular formula is C19H24N4O4. The van der Waals surface area contributed by atoms with Gasteiger partial charge in [-0.2, -0.15) is 0 Å². The number of aromatic nitrogens is 1. The molecule has 1 aliphatic rings. The van der Waals surface area contributed by atoms with Crippen LogP contribution < -0.4 is 5.32 Å². The van der Waals surface area contributed by atoms with Gasteiger partial charge in [-0.25, -0.2) is 9.78 Å². The molecule has 8 heteroatoms. The van der Waals surface area contributed by atoms with Gasteiger partial charge in [0.2, 0.25) is 11.8 Å². The second-order valence-corrected chi connectivity index (χ2v) is 7.83. The molecule has 0 bridgehead atoms. The summed E-state index contributed by atoms with van der Waals surface area (Å²) in [6, 6.07) is 4.68. The first-order valence-electron chi connectivity index (χ1n) is 8.79. The van der Waals surface area contributed by atoms with Crippen LogP contribution in [-0.2, 0) is 21.5 Å². The van der Waals surface area contributed by atoms with Gasteiger partial charge in [0.25, 0.3) is 5.91 Å². The maximum atomic E-state index is 12.2. The summed E-state index contributed by atoms with van der Waals surface area (Å²) in [5.74, 6) is -0.334. The van der Waals surface area contributed by atoms with Crippen LogP contribution in [0.25, 0.3) is 11.1 Å². The number of urea groups is 1. The minimum Gasteiger partial charge on any atom is -0.439 e. The summed E-state index contributed by atoms with van der Waals surface area (Å²) in [5, 5.41) is 2.70. The number of nitrogens with one attached hydrogen (secondary N) is 1. The van der Waals surface area contributed by atoms with Crippen molar-refractivity contribution in [1.82, 2.24) is 20.1 Å². The molecule has 1 fully saturated rings. The third-order valence-corrected chi connectivity index (χ3v) is 4.79. The molecule has 0 aliphatic carbocycles. The minimum absolute atomic E-state index is 0.00591. The molecule has 1 N–H and O–H groups in total. The highest BCUT2D eigenvalue weighted by Gasteiger charge is 2.41. The average Bonchev–Trinajstić information content (AvgIpc) is 3.09. The SMILES string of the molecule is CN1C(=O)[C@H](CC(=O)NCc2nc3cc(C(C)(C)C)ccc3o2)N(C)C1=O. The summed E-state index contributed by atoms with van der Waals surface area (Å²) in [6.45, 7) is 6.49. The Labute approximate surface area is 157 Å². The maximum absolute atomic E-state index is 12.2. The van der Waals surface area contributed by atoms with E-state index in [9.17, 15) is 14.4 Å². The maximum Gasteiger partial charge on any atom is 0.326 e. The highest BCUT2D eigenvalue weighted by Crippen LogP contribution is 2.26. The molecular weight excluding hydrogens is 348 g/mol. The van der Waals surface area contributed by atoms with Crippen LogP contribution in [0.3, 0.4) is 0 Å². The molecule has 1 aliphatic heterocycles.